The number of benzene rings is 2. The fourth-order valence-electron chi connectivity index (χ4n) is 3.31. The van der Waals surface area contributed by atoms with Crippen LogP contribution in [0, 0.1) is 5.82 Å². The van der Waals surface area contributed by atoms with Gasteiger partial charge in [0.25, 0.3) is 0 Å². The SMILES string of the molecule is CCCCCCN(Cc1ccc(Oc2ccc(C(N)=O)cn2)c(F)c1)c1ccccc1. The maximum Gasteiger partial charge on any atom is 0.250 e. The predicted octanol–water partition coefficient (Wildman–Crippen LogP) is 5.70. The third-order valence-corrected chi connectivity index (χ3v) is 5.01. The number of nitrogens with zero attached hydrogens (tertiary/aromatic N) is 2. The van der Waals surface area contributed by atoms with Gasteiger partial charge in [0.2, 0.25) is 11.8 Å². The normalized spacial score (nSPS) is 10.6. The van der Waals surface area contributed by atoms with E-state index in [0.29, 0.717) is 6.54 Å². The molecule has 3 aromatic rings. The zero-order chi connectivity index (χ0) is 22.1. The van der Waals surface area contributed by atoms with Crippen LogP contribution >= 0.6 is 0 Å². The van der Waals surface area contributed by atoms with Crippen molar-refractivity contribution in [3.8, 4) is 11.6 Å². The molecule has 0 radical (unpaired) electrons. The standard InChI is InChI=1S/C25H28FN3O2/c1-2-3-4-8-15-29(21-9-6-5-7-10-21)18-19-11-13-23(22(26)16-19)31-24-14-12-20(17-28-24)25(27)30/h5-7,9-14,16-17H,2-4,8,15,18H2,1H3,(H2,27,30). The van der Waals surface area contributed by atoms with Crippen LogP contribution < -0.4 is 15.4 Å². The summed E-state index contributed by atoms with van der Waals surface area (Å²) in [6.07, 6.45) is 6.00. The van der Waals surface area contributed by atoms with Crippen LogP contribution in [-0.4, -0.2) is 17.4 Å². The van der Waals surface area contributed by atoms with Gasteiger partial charge in [-0.15, -0.1) is 0 Å². The van der Waals surface area contributed by atoms with Gasteiger partial charge in [-0.1, -0.05) is 50.5 Å². The summed E-state index contributed by atoms with van der Waals surface area (Å²) in [6.45, 7) is 3.72. The first-order valence-electron chi connectivity index (χ1n) is 10.6. The third-order valence-electron chi connectivity index (χ3n) is 5.01. The number of carbonyl (C=O) groups excluding carboxylic acids is 1. The number of nitrogens with two attached hydrogens (primary N) is 1. The maximum atomic E-state index is 14.7. The van der Waals surface area contributed by atoms with Gasteiger partial charge in [-0.05, 0) is 42.3 Å². The summed E-state index contributed by atoms with van der Waals surface area (Å²) in [5, 5.41) is 0. The summed E-state index contributed by atoms with van der Waals surface area (Å²) < 4.78 is 20.2. The van der Waals surface area contributed by atoms with Gasteiger partial charge in [0.05, 0.1) is 5.56 Å². The molecule has 0 aliphatic carbocycles. The van der Waals surface area contributed by atoms with Crippen molar-refractivity contribution in [2.75, 3.05) is 11.4 Å². The molecule has 31 heavy (non-hydrogen) atoms. The topological polar surface area (TPSA) is 68.5 Å². The second-order valence-electron chi connectivity index (χ2n) is 7.43. The maximum absolute atomic E-state index is 14.7. The minimum Gasteiger partial charge on any atom is -0.436 e. The Hall–Kier alpha value is -3.41. The van der Waals surface area contributed by atoms with Crippen LogP contribution in [-0.2, 0) is 6.54 Å². The Kier molecular flexibility index (Phi) is 7.98. The van der Waals surface area contributed by atoms with Gasteiger partial charge in [-0.2, -0.15) is 0 Å². The molecule has 6 heteroatoms. The van der Waals surface area contributed by atoms with E-state index in [2.05, 4.69) is 28.9 Å². The summed E-state index contributed by atoms with van der Waals surface area (Å²) in [7, 11) is 0. The van der Waals surface area contributed by atoms with E-state index in [9.17, 15) is 9.18 Å². The molecule has 0 aliphatic heterocycles. The van der Waals surface area contributed by atoms with Crippen molar-refractivity contribution in [2.24, 2.45) is 5.73 Å². The molecule has 0 atom stereocenters. The molecule has 0 unspecified atom stereocenters. The molecule has 0 saturated carbocycles. The smallest absolute Gasteiger partial charge is 0.250 e. The highest BCUT2D eigenvalue weighted by Gasteiger charge is 2.12. The lowest BCUT2D eigenvalue weighted by Crippen LogP contribution is -2.24. The minimum absolute atomic E-state index is 0.0808. The molecule has 0 saturated heterocycles. The van der Waals surface area contributed by atoms with Crippen molar-refractivity contribution < 1.29 is 13.9 Å². The lowest BCUT2D eigenvalue weighted by atomic mass is 10.1. The second-order valence-corrected chi connectivity index (χ2v) is 7.43. The van der Waals surface area contributed by atoms with Crippen LogP contribution in [0.25, 0.3) is 0 Å². The van der Waals surface area contributed by atoms with Gasteiger partial charge in [0, 0.05) is 31.0 Å². The Balaban J connectivity index is 1.69. The van der Waals surface area contributed by atoms with E-state index < -0.39 is 11.7 Å². The van der Waals surface area contributed by atoms with Crippen molar-refractivity contribution >= 4 is 11.6 Å². The van der Waals surface area contributed by atoms with Crippen molar-refractivity contribution in [1.82, 2.24) is 4.98 Å². The lowest BCUT2D eigenvalue weighted by Gasteiger charge is -2.25. The summed E-state index contributed by atoms with van der Waals surface area (Å²) in [6, 6.07) is 18.1. The first-order chi connectivity index (χ1) is 15.1. The van der Waals surface area contributed by atoms with E-state index in [1.807, 2.05) is 24.3 Å². The number of amides is 1. The molecular weight excluding hydrogens is 393 g/mol. The highest BCUT2D eigenvalue weighted by Crippen LogP contribution is 2.26. The molecule has 5 nitrogen and oxygen atoms in total. The molecule has 0 spiro atoms. The number of halogens is 1. The average molecular weight is 422 g/mol. The zero-order valence-corrected chi connectivity index (χ0v) is 17.8. The molecule has 3 rings (SSSR count). The van der Waals surface area contributed by atoms with E-state index in [0.717, 1.165) is 24.2 Å². The van der Waals surface area contributed by atoms with E-state index >= 15 is 0 Å². The van der Waals surface area contributed by atoms with Gasteiger partial charge in [0.15, 0.2) is 11.6 Å². The number of para-hydroxylation sites is 1. The van der Waals surface area contributed by atoms with E-state index in [1.165, 1.54) is 43.7 Å². The van der Waals surface area contributed by atoms with E-state index in [4.69, 9.17) is 10.5 Å². The third kappa shape index (κ3) is 6.54. The van der Waals surface area contributed by atoms with Gasteiger partial charge in [-0.3, -0.25) is 4.79 Å². The van der Waals surface area contributed by atoms with Crippen LogP contribution in [0.3, 0.4) is 0 Å². The molecule has 2 N–H and O–H groups in total. The Bertz CT molecular complexity index is 978. The molecule has 0 bridgehead atoms. The number of primary amides is 1. The van der Waals surface area contributed by atoms with Gasteiger partial charge < -0.3 is 15.4 Å². The highest BCUT2D eigenvalue weighted by molar-refractivity contribution is 5.92. The number of carbonyl (C=O) groups is 1. The average Bonchev–Trinajstić information content (AvgIpc) is 2.78. The van der Waals surface area contributed by atoms with Crippen LogP contribution in [0.2, 0.25) is 0 Å². The molecule has 0 aliphatic rings. The Morgan fingerprint density at radius 3 is 2.52 bits per heavy atom. The summed E-state index contributed by atoms with van der Waals surface area (Å²) in [5.74, 6) is -0.764. The molecule has 1 amide bonds. The van der Waals surface area contributed by atoms with Crippen molar-refractivity contribution in [3.05, 3.63) is 83.8 Å². The Morgan fingerprint density at radius 1 is 1.06 bits per heavy atom. The summed E-state index contributed by atoms with van der Waals surface area (Å²) in [5.41, 5.74) is 7.45. The second kappa shape index (κ2) is 11.1. The monoisotopic (exact) mass is 421 g/mol. The van der Waals surface area contributed by atoms with E-state index in [1.54, 1.807) is 6.07 Å². The highest BCUT2D eigenvalue weighted by atomic mass is 19.1. The number of anilines is 1. The first-order valence-corrected chi connectivity index (χ1v) is 10.6. The zero-order valence-electron chi connectivity index (χ0n) is 17.8. The number of pyridine rings is 1. The van der Waals surface area contributed by atoms with Gasteiger partial charge in [-0.25, -0.2) is 9.37 Å². The number of ether oxygens (including phenoxy) is 1. The summed E-state index contributed by atoms with van der Waals surface area (Å²) >= 11 is 0. The first kappa shape index (κ1) is 22.3. The van der Waals surface area contributed by atoms with Crippen molar-refractivity contribution in [1.29, 1.82) is 0 Å². The van der Waals surface area contributed by atoms with Crippen molar-refractivity contribution in [2.45, 2.75) is 39.2 Å². The fourth-order valence-corrected chi connectivity index (χ4v) is 3.31. The summed E-state index contributed by atoms with van der Waals surface area (Å²) in [4.78, 5) is 17.4. The number of hydrogen-bond acceptors (Lipinski definition) is 4. The molecule has 0 fully saturated rings. The minimum atomic E-state index is -0.577. The Morgan fingerprint density at radius 2 is 1.87 bits per heavy atom. The lowest BCUT2D eigenvalue weighted by molar-refractivity contribution is 0.1000. The largest absolute Gasteiger partial charge is 0.436 e. The van der Waals surface area contributed by atoms with Crippen LogP contribution in [0.4, 0.5) is 10.1 Å². The quantitative estimate of drug-likeness (QED) is 0.403. The van der Waals surface area contributed by atoms with E-state index in [-0.39, 0.29) is 17.2 Å². The molecule has 2 aromatic carbocycles. The van der Waals surface area contributed by atoms with Crippen LogP contribution in [0.5, 0.6) is 11.6 Å². The Labute approximate surface area is 182 Å². The molecule has 1 aromatic heterocycles. The predicted molar refractivity (Wildman–Crippen MR) is 121 cm³/mol. The molecule has 1 heterocycles. The van der Waals surface area contributed by atoms with Crippen LogP contribution in [0.1, 0.15) is 48.5 Å². The fraction of sp³-hybridized carbons (Fsp3) is 0.280. The number of hydrogen-bond donors (Lipinski definition) is 1. The number of aromatic nitrogens is 1. The number of rotatable bonds is 11. The molecule has 162 valence electrons. The molecular formula is C25H28FN3O2. The van der Waals surface area contributed by atoms with Gasteiger partial charge >= 0.3 is 0 Å². The number of unbranched alkanes of at least 4 members (excludes halogenated alkanes) is 3. The van der Waals surface area contributed by atoms with Crippen molar-refractivity contribution in [3.63, 3.8) is 0 Å². The van der Waals surface area contributed by atoms with Crippen LogP contribution in [0.15, 0.2) is 66.9 Å². The van der Waals surface area contributed by atoms with Gasteiger partial charge in [0.1, 0.15) is 0 Å².